The maximum Gasteiger partial charge on any atom is 0.352 e. The minimum Gasteiger partial charge on any atom is -0.477 e. The predicted octanol–water partition coefficient (Wildman–Crippen LogP) is 0.465. The van der Waals surface area contributed by atoms with Crippen LogP contribution in [0.15, 0.2) is 18.0 Å². The molecular weight excluding hydrogens is 210 g/mol. The largest absolute Gasteiger partial charge is 0.477 e. The van der Waals surface area contributed by atoms with E-state index in [1.165, 1.54) is 13.0 Å². The first-order valence-corrected chi connectivity index (χ1v) is 4.79. The molecule has 0 aliphatic carbocycles. The maximum absolute atomic E-state index is 10.8. The number of hydrogen-bond acceptors (Lipinski definition) is 3. The smallest absolute Gasteiger partial charge is 0.352 e. The van der Waals surface area contributed by atoms with Gasteiger partial charge in [-0.1, -0.05) is 0 Å². The van der Waals surface area contributed by atoms with Crippen molar-refractivity contribution < 1.29 is 14.7 Å². The molecule has 0 saturated heterocycles. The van der Waals surface area contributed by atoms with Gasteiger partial charge in [-0.05, 0) is 19.1 Å². The molecule has 86 valence electrons. The van der Waals surface area contributed by atoms with Gasteiger partial charge in [0.1, 0.15) is 5.70 Å². The molecule has 2 N–H and O–H groups in total. The Kier molecular flexibility index (Phi) is 3.82. The SMILES string of the molecule is CCn1nccc1/C=C(/NC(C)=O)C(=O)O. The van der Waals surface area contributed by atoms with E-state index in [-0.39, 0.29) is 5.70 Å². The molecule has 0 fully saturated rings. The van der Waals surface area contributed by atoms with Crippen LogP contribution in [-0.4, -0.2) is 26.8 Å². The van der Waals surface area contributed by atoms with Crippen LogP contribution in [0.25, 0.3) is 6.08 Å². The van der Waals surface area contributed by atoms with Crippen molar-refractivity contribution in [2.45, 2.75) is 20.4 Å². The molecule has 0 aliphatic heterocycles. The number of carbonyl (C=O) groups excluding carboxylic acids is 1. The second-order valence-electron chi connectivity index (χ2n) is 3.12. The van der Waals surface area contributed by atoms with Gasteiger partial charge in [-0.15, -0.1) is 0 Å². The molecule has 1 rings (SSSR count). The summed E-state index contributed by atoms with van der Waals surface area (Å²) in [6.45, 7) is 3.78. The minimum absolute atomic E-state index is 0.164. The lowest BCUT2D eigenvalue weighted by atomic mass is 10.3. The van der Waals surface area contributed by atoms with Crippen molar-refractivity contribution in [2.24, 2.45) is 0 Å². The second-order valence-corrected chi connectivity index (χ2v) is 3.12. The van der Waals surface area contributed by atoms with Gasteiger partial charge in [-0.2, -0.15) is 5.10 Å². The highest BCUT2D eigenvalue weighted by atomic mass is 16.4. The average Bonchev–Trinajstić information content (AvgIpc) is 2.63. The number of carbonyl (C=O) groups is 2. The van der Waals surface area contributed by atoms with Gasteiger partial charge in [-0.25, -0.2) is 4.79 Å². The Morgan fingerprint density at radius 1 is 1.62 bits per heavy atom. The topological polar surface area (TPSA) is 84.2 Å². The Morgan fingerprint density at radius 2 is 2.31 bits per heavy atom. The van der Waals surface area contributed by atoms with Crippen molar-refractivity contribution in [3.8, 4) is 0 Å². The third-order valence-electron chi connectivity index (χ3n) is 1.88. The molecule has 16 heavy (non-hydrogen) atoms. The number of amides is 1. The van der Waals surface area contributed by atoms with Gasteiger partial charge in [0.2, 0.25) is 5.91 Å². The van der Waals surface area contributed by atoms with E-state index in [1.807, 2.05) is 6.92 Å². The Balaban J connectivity index is 3.02. The van der Waals surface area contributed by atoms with Crippen molar-refractivity contribution >= 4 is 18.0 Å². The van der Waals surface area contributed by atoms with E-state index < -0.39 is 11.9 Å². The number of nitrogens with one attached hydrogen (secondary N) is 1. The van der Waals surface area contributed by atoms with Crippen LogP contribution in [0.3, 0.4) is 0 Å². The van der Waals surface area contributed by atoms with Crippen molar-refractivity contribution in [1.29, 1.82) is 0 Å². The number of carboxylic acid groups (broad SMARTS) is 1. The number of nitrogens with zero attached hydrogens (tertiary/aromatic N) is 2. The molecule has 1 aromatic heterocycles. The molecule has 1 amide bonds. The summed E-state index contributed by atoms with van der Waals surface area (Å²) in [5, 5.41) is 15.1. The lowest BCUT2D eigenvalue weighted by Gasteiger charge is -2.04. The van der Waals surface area contributed by atoms with Crippen LogP contribution in [0.1, 0.15) is 19.5 Å². The van der Waals surface area contributed by atoms with Crippen molar-refractivity contribution in [1.82, 2.24) is 15.1 Å². The first-order chi connectivity index (χ1) is 7.54. The summed E-state index contributed by atoms with van der Waals surface area (Å²) < 4.78 is 1.63. The fraction of sp³-hybridized carbons (Fsp3) is 0.300. The van der Waals surface area contributed by atoms with Gasteiger partial charge >= 0.3 is 5.97 Å². The normalized spacial score (nSPS) is 11.2. The summed E-state index contributed by atoms with van der Waals surface area (Å²) in [6, 6.07) is 1.67. The van der Waals surface area contributed by atoms with Crippen molar-refractivity contribution in [2.75, 3.05) is 0 Å². The third kappa shape index (κ3) is 2.94. The molecule has 1 heterocycles. The van der Waals surface area contributed by atoms with Crippen LogP contribution in [0.5, 0.6) is 0 Å². The number of hydrogen-bond donors (Lipinski definition) is 2. The average molecular weight is 223 g/mol. The van der Waals surface area contributed by atoms with Crippen LogP contribution in [0.4, 0.5) is 0 Å². The van der Waals surface area contributed by atoms with Crippen LogP contribution in [-0.2, 0) is 16.1 Å². The Hall–Kier alpha value is -2.11. The predicted molar refractivity (Wildman–Crippen MR) is 57.3 cm³/mol. The molecule has 0 saturated carbocycles. The van der Waals surface area contributed by atoms with E-state index in [9.17, 15) is 9.59 Å². The number of carboxylic acids is 1. The standard InChI is InChI=1S/C10H13N3O3/c1-3-13-8(4-5-11-13)6-9(10(15)16)12-7(2)14/h4-6H,3H2,1-2H3,(H,12,14)(H,15,16)/b9-6+. The summed E-state index contributed by atoms with van der Waals surface area (Å²) in [5.74, 6) is -1.60. The van der Waals surface area contributed by atoms with E-state index >= 15 is 0 Å². The highest BCUT2D eigenvalue weighted by molar-refractivity contribution is 5.96. The number of aryl methyl sites for hydroxylation is 1. The first kappa shape index (κ1) is 12.0. The quantitative estimate of drug-likeness (QED) is 0.726. The molecule has 1 aromatic rings. The Labute approximate surface area is 92.6 Å². The maximum atomic E-state index is 10.8. The van der Waals surface area contributed by atoms with E-state index in [2.05, 4.69) is 10.4 Å². The lowest BCUT2D eigenvalue weighted by Crippen LogP contribution is -2.24. The Bertz CT molecular complexity index is 434. The highest BCUT2D eigenvalue weighted by Gasteiger charge is 2.10. The molecule has 0 aliphatic rings. The van der Waals surface area contributed by atoms with E-state index in [0.29, 0.717) is 12.2 Å². The molecule has 6 nitrogen and oxygen atoms in total. The molecular formula is C10H13N3O3. The van der Waals surface area contributed by atoms with Crippen molar-refractivity contribution in [3.05, 3.63) is 23.7 Å². The number of rotatable bonds is 4. The number of aromatic nitrogens is 2. The highest BCUT2D eigenvalue weighted by Crippen LogP contribution is 2.05. The summed E-state index contributed by atoms with van der Waals surface area (Å²) in [5.41, 5.74) is 0.469. The van der Waals surface area contributed by atoms with Crippen LogP contribution < -0.4 is 5.32 Å². The molecule has 0 aromatic carbocycles. The molecule has 6 heteroatoms. The summed E-state index contributed by atoms with van der Waals surface area (Å²) in [7, 11) is 0. The zero-order chi connectivity index (χ0) is 12.1. The summed E-state index contributed by atoms with van der Waals surface area (Å²) >= 11 is 0. The zero-order valence-electron chi connectivity index (χ0n) is 9.10. The van der Waals surface area contributed by atoms with Gasteiger partial charge in [-0.3, -0.25) is 9.48 Å². The first-order valence-electron chi connectivity index (χ1n) is 4.79. The van der Waals surface area contributed by atoms with Gasteiger partial charge in [0.25, 0.3) is 0 Å². The van der Waals surface area contributed by atoms with Crippen LogP contribution >= 0.6 is 0 Å². The van der Waals surface area contributed by atoms with E-state index in [0.717, 1.165) is 0 Å². The molecule has 0 bridgehead atoms. The fourth-order valence-electron chi connectivity index (χ4n) is 1.22. The van der Waals surface area contributed by atoms with Gasteiger partial charge < -0.3 is 10.4 Å². The lowest BCUT2D eigenvalue weighted by molar-refractivity contribution is -0.134. The van der Waals surface area contributed by atoms with Crippen molar-refractivity contribution in [3.63, 3.8) is 0 Å². The zero-order valence-corrected chi connectivity index (χ0v) is 9.10. The monoisotopic (exact) mass is 223 g/mol. The van der Waals surface area contributed by atoms with Crippen LogP contribution in [0.2, 0.25) is 0 Å². The van der Waals surface area contributed by atoms with Crippen LogP contribution in [0, 0.1) is 0 Å². The minimum atomic E-state index is -1.18. The van der Waals surface area contributed by atoms with E-state index in [4.69, 9.17) is 5.11 Å². The summed E-state index contributed by atoms with van der Waals surface area (Å²) in [6.07, 6.45) is 2.95. The Morgan fingerprint density at radius 3 is 2.81 bits per heavy atom. The fourth-order valence-corrected chi connectivity index (χ4v) is 1.22. The van der Waals surface area contributed by atoms with E-state index in [1.54, 1.807) is 16.9 Å². The molecule has 0 unspecified atom stereocenters. The molecule has 0 spiro atoms. The molecule has 0 radical (unpaired) electrons. The summed E-state index contributed by atoms with van der Waals surface area (Å²) in [4.78, 5) is 21.7. The van der Waals surface area contributed by atoms with Gasteiger partial charge in [0, 0.05) is 19.7 Å². The molecule has 0 atom stereocenters. The number of aliphatic carboxylic acids is 1. The second kappa shape index (κ2) is 5.11. The van der Waals surface area contributed by atoms with Gasteiger partial charge in [0.05, 0.1) is 5.69 Å². The third-order valence-corrected chi connectivity index (χ3v) is 1.88. The van der Waals surface area contributed by atoms with Gasteiger partial charge in [0.15, 0.2) is 0 Å².